The molecule has 0 atom stereocenters. The molecular weight excluding hydrogens is 472 g/mol. The van der Waals surface area contributed by atoms with E-state index in [-0.39, 0.29) is 22.1 Å². The zero-order valence-corrected chi connectivity index (χ0v) is 19.4. The summed E-state index contributed by atoms with van der Waals surface area (Å²) in [5, 5.41) is 0. The zero-order valence-electron chi connectivity index (χ0n) is 18.6. The Balaban J connectivity index is 1.29. The van der Waals surface area contributed by atoms with E-state index in [1.807, 2.05) is 24.3 Å². The molecule has 180 valence electrons. The van der Waals surface area contributed by atoms with Crippen LogP contribution in [-0.2, 0) is 26.0 Å². The Morgan fingerprint density at radius 3 is 2.54 bits per heavy atom. The maximum Gasteiger partial charge on any atom is 0.340 e. The summed E-state index contributed by atoms with van der Waals surface area (Å²) in [5.74, 6) is -0.373. The van der Waals surface area contributed by atoms with Crippen molar-refractivity contribution < 1.29 is 32.2 Å². The summed E-state index contributed by atoms with van der Waals surface area (Å²) < 4.78 is 44.6. The number of hydrogen-bond acceptors (Lipinski definition) is 7. The van der Waals surface area contributed by atoms with E-state index in [2.05, 4.69) is 4.72 Å². The Bertz CT molecular complexity index is 1400. The molecule has 2 aliphatic heterocycles. The summed E-state index contributed by atoms with van der Waals surface area (Å²) in [6.45, 7) is 0.762. The number of esters is 1. The predicted octanol–water partition coefficient (Wildman–Crippen LogP) is 3.00. The van der Waals surface area contributed by atoms with Gasteiger partial charge >= 0.3 is 5.97 Å². The Labute approximate surface area is 202 Å². The van der Waals surface area contributed by atoms with E-state index in [4.69, 9.17) is 14.2 Å². The average Bonchev–Trinajstić information content (AvgIpc) is 3.31. The highest BCUT2D eigenvalue weighted by molar-refractivity contribution is 7.92. The quantitative estimate of drug-likeness (QED) is 0.525. The summed E-state index contributed by atoms with van der Waals surface area (Å²) in [6.07, 6.45) is 0.736. The highest BCUT2D eigenvalue weighted by Gasteiger charge is 2.26. The Kier molecular flexibility index (Phi) is 6.04. The Morgan fingerprint density at radius 2 is 1.69 bits per heavy atom. The molecule has 1 amide bonds. The van der Waals surface area contributed by atoms with Crippen LogP contribution in [0.25, 0.3) is 0 Å². The number of carbonyl (C=O) groups excluding carboxylic acids is 2. The first-order valence-electron chi connectivity index (χ1n) is 11.0. The van der Waals surface area contributed by atoms with Crippen LogP contribution in [0.5, 0.6) is 11.5 Å². The molecule has 0 saturated carbocycles. The molecule has 0 aliphatic carbocycles. The lowest BCUT2D eigenvalue weighted by Crippen LogP contribution is -2.33. The van der Waals surface area contributed by atoms with Crippen molar-refractivity contribution in [3.8, 4) is 11.5 Å². The van der Waals surface area contributed by atoms with Crippen LogP contribution in [0.15, 0.2) is 71.6 Å². The van der Waals surface area contributed by atoms with Gasteiger partial charge in [-0.25, -0.2) is 13.2 Å². The minimum absolute atomic E-state index is 0.0109. The minimum atomic E-state index is -4.05. The van der Waals surface area contributed by atoms with Crippen molar-refractivity contribution >= 4 is 33.3 Å². The number of carbonyl (C=O) groups is 2. The Hall–Kier alpha value is -4.05. The molecule has 0 bridgehead atoms. The van der Waals surface area contributed by atoms with Crippen LogP contribution < -0.4 is 19.1 Å². The highest BCUT2D eigenvalue weighted by atomic mass is 32.2. The third kappa shape index (κ3) is 4.65. The fourth-order valence-electron chi connectivity index (χ4n) is 4.02. The summed E-state index contributed by atoms with van der Waals surface area (Å²) in [4.78, 5) is 27.0. The van der Waals surface area contributed by atoms with Gasteiger partial charge in [-0.05, 0) is 42.3 Å². The monoisotopic (exact) mass is 494 g/mol. The highest BCUT2D eigenvalue weighted by Crippen LogP contribution is 2.33. The number of amides is 1. The van der Waals surface area contributed by atoms with Crippen molar-refractivity contribution in [1.82, 2.24) is 0 Å². The summed E-state index contributed by atoms with van der Waals surface area (Å²) >= 11 is 0. The molecule has 3 aromatic carbocycles. The third-order valence-electron chi connectivity index (χ3n) is 5.73. The van der Waals surface area contributed by atoms with Crippen LogP contribution in [0.1, 0.15) is 15.9 Å². The zero-order chi connectivity index (χ0) is 24.4. The molecule has 35 heavy (non-hydrogen) atoms. The lowest BCUT2D eigenvalue weighted by molar-refractivity contribution is -0.121. The molecule has 9 nitrogen and oxygen atoms in total. The fourth-order valence-corrected chi connectivity index (χ4v) is 5.12. The molecular formula is C25H22N2O7S. The molecule has 5 rings (SSSR count). The van der Waals surface area contributed by atoms with Crippen LogP contribution in [0.2, 0.25) is 0 Å². The van der Waals surface area contributed by atoms with E-state index in [0.717, 1.165) is 17.7 Å². The van der Waals surface area contributed by atoms with Gasteiger partial charge < -0.3 is 19.1 Å². The minimum Gasteiger partial charge on any atom is -0.486 e. The second kappa shape index (κ2) is 9.30. The smallest absolute Gasteiger partial charge is 0.340 e. The summed E-state index contributed by atoms with van der Waals surface area (Å²) in [6, 6.07) is 17.9. The largest absolute Gasteiger partial charge is 0.486 e. The second-order valence-electron chi connectivity index (χ2n) is 7.96. The summed E-state index contributed by atoms with van der Waals surface area (Å²) in [5.41, 5.74) is 1.89. The van der Waals surface area contributed by atoms with E-state index < -0.39 is 22.6 Å². The van der Waals surface area contributed by atoms with Gasteiger partial charge in [-0.1, -0.05) is 30.3 Å². The van der Waals surface area contributed by atoms with Gasteiger partial charge in [0.15, 0.2) is 18.1 Å². The number of benzene rings is 3. The van der Waals surface area contributed by atoms with Gasteiger partial charge in [-0.3, -0.25) is 9.52 Å². The Morgan fingerprint density at radius 1 is 0.943 bits per heavy atom. The number of nitrogens with zero attached hydrogens (tertiary/aromatic N) is 1. The number of rotatable bonds is 6. The van der Waals surface area contributed by atoms with Crippen LogP contribution in [0.4, 0.5) is 11.4 Å². The normalized spacial score (nSPS) is 14.2. The lowest BCUT2D eigenvalue weighted by Gasteiger charge is -2.19. The first kappa shape index (κ1) is 22.7. The van der Waals surface area contributed by atoms with Gasteiger partial charge in [0, 0.05) is 18.3 Å². The first-order chi connectivity index (χ1) is 16.9. The van der Waals surface area contributed by atoms with Gasteiger partial charge in [0.1, 0.15) is 13.2 Å². The topological polar surface area (TPSA) is 111 Å². The lowest BCUT2D eigenvalue weighted by atomic mass is 10.2. The molecule has 2 aliphatic rings. The molecule has 0 spiro atoms. The van der Waals surface area contributed by atoms with Crippen molar-refractivity contribution in [1.29, 1.82) is 0 Å². The number of para-hydroxylation sites is 2. The van der Waals surface area contributed by atoms with E-state index >= 15 is 0 Å². The number of hydrogen-bond donors (Lipinski definition) is 1. The molecule has 3 aromatic rings. The molecule has 0 radical (unpaired) electrons. The van der Waals surface area contributed by atoms with Crippen LogP contribution in [0, 0.1) is 0 Å². The SMILES string of the molecule is O=C(OCC(=O)N1CCc2ccccc21)c1ccccc1NS(=O)(=O)c1ccc2c(c1)OCCO2. The molecule has 2 heterocycles. The van der Waals surface area contributed by atoms with E-state index in [1.165, 1.54) is 30.3 Å². The number of ether oxygens (including phenoxy) is 3. The number of nitrogens with one attached hydrogen (secondary N) is 1. The molecule has 0 unspecified atom stereocenters. The maximum absolute atomic E-state index is 13.0. The molecule has 1 N–H and O–H groups in total. The number of fused-ring (bicyclic) bond motifs is 2. The van der Waals surface area contributed by atoms with Crippen molar-refractivity contribution in [3.05, 3.63) is 77.9 Å². The van der Waals surface area contributed by atoms with Crippen LogP contribution in [0.3, 0.4) is 0 Å². The van der Waals surface area contributed by atoms with Gasteiger partial charge in [-0.2, -0.15) is 0 Å². The molecule has 10 heteroatoms. The molecule has 0 saturated heterocycles. The van der Waals surface area contributed by atoms with Crippen LogP contribution in [-0.4, -0.2) is 46.7 Å². The van der Waals surface area contributed by atoms with E-state index in [9.17, 15) is 18.0 Å². The van der Waals surface area contributed by atoms with Crippen LogP contribution >= 0.6 is 0 Å². The third-order valence-corrected chi connectivity index (χ3v) is 7.09. The van der Waals surface area contributed by atoms with E-state index in [0.29, 0.717) is 31.3 Å². The maximum atomic E-state index is 13.0. The fraction of sp³-hybridized carbons (Fsp3) is 0.200. The summed E-state index contributed by atoms with van der Waals surface area (Å²) in [7, 11) is -4.05. The van der Waals surface area contributed by atoms with Gasteiger partial charge in [-0.15, -0.1) is 0 Å². The number of sulfonamides is 1. The number of anilines is 2. The first-order valence-corrected chi connectivity index (χ1v) is 12.5. The standard InChI is InChI=1S/C25H22N2O7S/c28-24(27-12-11-17-5-1-4-8-21(17)27)16-34-25(29)19-6-2-3-7-20(19)26-35(30,31)18-9-10-22-23(15-18)33-14-13-32-22/h1-10,15,26H,11-14,16H2. The predicted molar refractivity (Wildman–Crippen MR) is 127 cm³/mol. The van der Waals surface area contributed by atoms with Gasteiger partial charge in [0.05, 0.1) is 16.1 Å². The molecule has 0 fully saturated rings. The van der Waals surface area contributed by atoms with E-state index in [1.54, 1.807) is 17.0 Å². The van der Waals surface area contributed by atoms with Crippen molar-refractivity contribution in [2.24, 2.45) is 0 Å². The van der Waals surface area contributed by atoms with Crippen molar-refractivity contribution in [2.75, 3.05) is 36.0 Å². The second-order valence-corrected chi connectivity index (χ2v) is 9.64. The van der Waals surface area contributed by atoms with Crippen molar-refractivity contribution in [2.45, 2.75) is 11.3 Å². The van der Waals surface area contributed by atoms with Gasteiger partial charge in [0.25, 0.3) is 15.9 Å². The average molecular weight is 495 g/mol. The van der Waals surface area contributed by atoms with Crippen molar-refractivity contribution in [3.63, 3.8) is 0 Å². The van der Waals surface area contributed by atoms with Gasteiger partial charge in [0.2, 0.25) is 0 Å². The molecule has 0 aromatic heterocycles.